The van der Waals surface area contributed by atoms with Crippen LogP contribution in [0.25, 0.3) is 10.9 Å². The van der Waals surface area contributed by atoms with Gasteiger partial charge in [0.2, 0.25) is 6.79 Å². The van der Waals surface area contributed by atoms with Crippen molar-refractivity contribution in [1.29, 1.82) is 0 Å². The van der Waals surface area contributed by atoms with Crippen molar-refractivity contribution in [2.75, 3.05) is 33.7 Å². The summed E-state index contributed by atoms with van der Waals surface area (Å²) < 4.78 is 23.1. The van der Waals surface area contributed by atoms with Gasteiger partial charge in [0, 0.05) is 31.9 Å². The largest absolute Gasteiger partial charge is 0.492 e. The number of methoxy groups -OCH3 is 1. The third kappa shape index (κ3) is 4.76. The van der Waals surface area contributed by atoms with Gasteiger partial charge in [0.25, 0.3) is 11.5 Å². The SMILES string of the molecule is COCCCn1c(=S)[nH]c2cc(C(=O)NCCOc3ccc4c(c3)OCO4)ccc2c1=O. The average Bonchev–Trinajstić information content (AvgIpc) is 3.26. The van der Waals surface area contributed by atoms with Gasteiger partial charge in [-0.15, -0.1) is 0 Å². The number of nitrogens with one attached hydrogen (secondary N) is 2. The molecular weight excluding hydrogens is 434 g/mol. The summed E-state index contributed by atoms with van der Waals surface area (Å²) in [5.74, 6) is 1.67. The van der Waals surface area contributed by atoms with E-state index in [0.29, 0.717) is 64.6 Å². The molecule has 2 heterocycles. The van der Waals surface area contributed by atoms with Gasteiger partial charge in [-0.3, -0.25) is 14.2 Å². The van der Waals surface area contributed by atoms with Gasteiger partial charge in [0.1, 0.15) is 12.4 Å². The number of amides is 1. The van der Waals surface area contributed by atoms with E-state index in [0.717, 1.165) is 0 Å². The predicted octanol–water partition coefficient (Wildman–Crippen LogP) is 2.63. The lowest BCUT2D eigenvalue weighted by atomic mass is 10.1. The molecule has 0 bridgehead atoms. The average molecular weight is 458 g/mol. The van der Waals surface area contributed by atoms with Crippen LogP contribution in [0.3, 0.4) is 0 Å². The second-order valence-electron chi connectivity index (χ2n) is 7.11. The first-order valence-electron chi connectivity index (χ1n) is 10.1. The molecule has 4 rings (SSSR count). The molecule has 2 aromatic carbocycles. The second-order valence-corrected chi connectivity index (χ2v) is 7.50. The topological polar surface area (TPSA) is 104 Å². The van der Waals surface area contributed by atoms with Crippen molar-refractivity contribution < 1.29 is 23.7 Å². The molecule has 0 aliphatic carbocycles. The molecule has 1 aromatic heterocycles. The molecule has 1 amide bonds. The zero-order chi connectivity index (χ0) is 22.5. The number of carbonyl (C=O) groups excluding carboxylic acids is 1. The first kappa shape index (κ1) is 21.8. The number of ether oxygens (including phenoxy) is 4. The van der Waals surface area contributed by atoms with E-state index in [4.69, 9.17) is 31.2 Å². The summed E-state index contributed by atoms with van der Waals surface area (Å²) in [6.07, 6.45) is 0.675. The van der Waals surface area contributed by atoms with Gasteiger partial charge in [0.15, 0.2) is 16.3 Å². The third-order valence-electron chi connectivity index (χ3n) is 4.97. The number of fused-ring (bicyclic) bond motifs is 2. The van der Waals surface area contributed by atoms with Crippen molar-refractivity contribution in [3.63, 3.8) is 0 Å². The van der Waals surface area contributed by atoms with Crippen LogP contribution >= 0.6 is 12.2 Å². The zero-order valence-electron chi connectivity index (χ0n) is 17.5. The fourth-order valence-corrected chi connectivity index (χ4v) is 3.65. The molecule has 0 saturated heterocycles. The van der Waals surface area contributed by atoms with Gasteiger partial charge in [-0.05, 0) is 49.0 Å². The van der Waals surface area contributed by atoms with Gasteiger partial charge < -0.3 is 29.2 Å². The van der Waals surface area contributed by atoms with Crippen molar-refractivity contribution in [2.45, 2.75) is 13.0 Å². The smallest absolute Gasteiger partial charge is 0.262 e. The third-order valence-corrected chi connectivity index (χ3v) is 5.30. The van der Waals surface area contributed by atoms with E-state index in [1.165, 1.54) is 4.57 Å². The summed E-state index contributed by atoms with van der Waals surface area (Å²) in [6, 6.07) is 10.2. The summed E-state index contributed by atoms with van der Waals surface area (Å²) in [7, 11) is 1.61. The Kier molecular flexibility index (Phi) is 6.72. The van der Waals surface area contributed by atoms with Crippen LogP contribution in [0.2, 0.25) is 0 Å². The second kappa shape index (κ2) is 9.84. The molecule has 1 aliphatic rings. The highest BCUT2D eigenvalue weighted by Crippen LogP contribution is 2.34. The molecule has 9 nitrogen and oxygen atoms in total. The van der Waals surface area contributed by atoms with Crippen LogP contribution in [0, 0.1) is 4.77 Å². The molecule has 0 fully saturated rings. The highest BCUT2D eigenvalue weighted by atomic mass is 32.1. The first-order valence-corrected chi connectivity index (χ1v) is 10.5. The Labute approximate surface area is 188 Å². The number of aromatic amines is 1. The standard InChI is InChI=1S/C22H23N3O6S/c1-28-9-2-8-25-21(27)16-5-3-14(11-17(16)24-22(25)32)20(26)23-7-10-29-15-4-6-18-19(12-15)31-13-30-18/h3-6,11-12H,2,7-10,13H2,1H3,(H,23,26)(H,24,32). The summed E-state index contributed by atoms with van der Waals surface area (Å²) in [6.45, 7) is 1.79. The Morgan fingerprint density at radius 2 is 2.03 bits per heavy atom. The van der Waals surface area contributed by atoms with E-state index in [-0.39, 0.29) is 24.9 Å². The predicted molar refractivity (Wildman–Crippen MR) is 120 cm³/mol. The number of rotatable bonds is 9. The van der Waals surface area contributed by atoms with Crippen molar-refractivity contribution in [3.8, 4) is 17.2 Å². The monoisotopic (exact) mass is 457 g/mol. The molecule has 0 spiro atoms. The van der Waals surface area contributed by atoms with E-state index in [9.17, 15) is 9.59 Å². The normalized spacial score (nSPS) is 12.2. The van der Waals surface area contributed by atoms with Crippen molar-refractivity contribution in [2.24, 2.45) is 0 Å². The molecule has 0 radical (unpaired) electrons. The molecule has 168 valence electrons. The fourth-order valence-electron chi connectivity index (χ4n) is 3.37. The zero-order valence-corrected chi connectivity index (χ0v) is 18.3. The van der Waals surface area contributed by atoms with Crippen LogP contribution in [-0.2, 0) is 11.3 Å². The Hall–Kier alpha value is -3.37. The maximum Gasteiger partial charge on any atom is 0.262 e. The molecular formula is C22H23N3O6S. The van der Waals surface area contributed by atoms with Gasteiger partial charge in [0.05, 0.1) is 17.4 Å². The van der Waals surface area contributed by atoms with Gasteiger partial charge in [-0.25, -0.2) is 0 Å². The molecule has 0 unspecified atom stereocenters. The molecule has 3 aromatic rings. The van der Waals surface area contributed by atoms with Crippen molar-refractivity contribution in [1.82, 2.24) is 14.9 Å². The van der Waals surface area contributed by atoms with E-state index < -0.39 is 0 Å². The minimum atomic E-state index is -0.273. The number of hydrogen-bond donors (Lipinski definition) is 2. The van der Waals surface area contributed by atoms with Crippen molar-refractivity contribution in [3.05, 3.63) is 57.1 Å². The summed E-state index contributed by atoms with van der Waals surface area (Å²) in [4.78, 5) is 28.3. The number of carbonyl (C=O) groups is 1. The van der Waals surface area contributed by atoms with Crippen LogP contribution in [0.1, 0.15) is 16.8 Å². The Balaban J connectivity index is 1.37. The van der Waals surface area contributed by atoms with Crippen LogP contribution in [-0.4, -0.2) is 49.1 Å². The van der Waals surface area contributed by atoms with Gasteiger partial charge >= 0.3 is 0 Å². The number of H-pyrrole nitrogens is 1. The van der Waals surface area contributed by atoms with Crippen LogP contribution in [0.15, 0.2) is 41.2 Å². The summed E-state index contributed by atoms with van der Waals surface area (Å²) >= 11 is 5.32. The minimum absolute atomic E-state index is 0.191. The molecule has 32 heavy (non-hydrogen) atoms. The number of aromatic nitrogens is 2. The van der Waals surface area contributed by atoms with Gasteiger partial charge in [-0.2, -0.15) is 0 Å². The molecule has 2 N–H and O–H groups in total. The minimum Gasteiger partial charge on any atom is -0.492 e. The maximum absolute atomic E-state index is 12.7. The van der Waals surface area contributed by atoms with E-state index in [2.05, 4.69) is 10.3 Å². The van der Waals surface area contributed by atoms with Crippen LogP contribution in [0.4, 0.5) is 0 Å². The summed E-state index contributed by atoms with van der Waals surface area (Å²) in [5, 5.41) is 3.28. The number of benzene rings is 2. The molecule has 0 saturated carbocycles. The number of hydrogen-bond acceptors (Lipinski definition) is 7. The fraction of sp³-hybridized carbons (Fsp3) is 0.318. The van der Waals surface area contributed by atoms with E-state index in [1.54, 1.807) is 43.5 Å². The summed E-state index contributed by atoms with van der Waals surface area (Å²) in [5.41, 5.74) is 0.749. The molecule has 1 aliphatic heterocycles. The van der Waals surface area contributed by atoms with Crippen molar-refractivity contribution >= 4 is 29.0 Å². The molecule has 0 atom stereocenters. The van der Waals surface area contributed by atoms with Crippen LogP contribution < -0.4 is 25.1 Å². The van der Waals surface area contributed by atoms with Gasteiger partial charge in [-0.1, -0.05) is 0 Å². The molecule has 10 heteroatoms. The highest BCUT2D eigenvalue weighted by molar-refractivity contribution is 7.71. The first-order chi connectivity index (χ1) is 15.6. The maximum atomic E-state index is 12.7. The Morgan fingerprint density at radius 3 is 2.88 bits per heavy atom. The lowest BCUT2D eigenvalue weighted by Gasteiger charge is -2.10. The Morgan fingerprint density at radius 1 is 1.19 bits per heavy atom. The van der Waals surface area contributed by atoms with Crippen LogP contribution in [0.5, 0.6) is 17.2 Å². The lowest BCUT2D eigenvalue weighted by Crippen LogP contribution is -2.28. The highest BCUT2D eigenvalue weighted by Gasteiger charge is 2.14. The van der Waals surface area contributed by atoms with E-state index >= 15 is 0 Å². The quantitative estimate of drug-likeness (QED) is 0.376. The Bertz CT molecular complexity index is 1250. The van der Waals surface area contributed by atoms with E-state index in [1.807, 2.05) is 0 Å². The lowest BCUT2D eigenvalue weighted by molar-refractivity contribution is 0.0947. The number of nitrogens with zero attached hydrogens (tertiary/aromatic N) is 1.